The van der Waals surface area contributed by atoms with E-state index >= 15 is 0 Å². The molecule has 2 aromatic carbocycles. The van der Waals surface area contributed by atoms with Gasteiger partial charge in [-0.15, -0.1) is 11.8 Å². The Balaban J connectivity index is 1.80. The minimum atomic E-state index is -0.396. The van der Waals surface area contributed by atoms with Gasteiger partial charge in [0.1, 0.15) is 19.8 Å². The van der Waals surface area contributed by atoms with Crippen molar-refractivity contribution in [1.82, 2.24) is 4.57 Å². The van der Waals surface area contributed by atoms with E-state index in [2.05, 4.69) is 11.9 Å². The minimum Gasteiger partial charge on any atom is -0.486 e. The molecule has 7 nitrogen and oxygen atoms in total. The van der Waals surface area contributed by atoms with E-state index in [-0.39, 0.29) is 19.1 Å². The van der Waals surface area contributed by atoms with E-state index in [9.17, 15) is 9.59 Å². The van der Waals surface area contributed by atoms with Crippen LogP contribution in [0.5, 0.6) is 11.5 Å². The molecule has 9 heteroatoms. The van der Waals surface area contributed by atoms with E-state index in [1.54, 1.807) is 29.3 Å². The van der Waals surface area contributed by atoms with Gasteiger partial charge >= 0.3 is 5.97 Å². The second-order valence-corrected chi connectivity index (χ2v) is 8.96. The summed E-state index contributed by atoms with van der Waals surface area (Å²) in [7, 11) is 0. The number of nitrogens with zero attached hydrogens (tertiary/aromatic N) is 2. The largest absolute Gasteiger partial charge is 0.486 e. The third kappa shape index (κ3) is 4.77. The zero-order valence-corrected chi connectivity index (χ0v) is 18.9. The van der Waals surface area contributed by atoms with Crippen molar-refractivity contribution in [3.8, 4) is 11.5 Å². The number of carbonyl (C=O) groups excluding carboxylic acids is 2. The van der Waals surface area contributed by atoms with E-state index < -0.39 is 5.97 Å². The molecule has 0 aliphatic carbocycles. The van der Waals surface area contributed by atoms with Crippen molar-refractivity contribution >= 4 is 45.2 Å². The van der Waals surface area contributed by atoms with E-state index in [1.807, 2.05) is 30.3 Å². The third-order valence-electron chi connectivity index (χ3n) is 4.53. The molecule has 0 saturated heterocycles. The summed E-state index contributed by atoms with van der Waals surface area (Å²) < 4.78 is 19.0. The Hall–Kier alpha value is -2.78. The highest BCUT2D eigenvalue weighted by Crippen LogP contribution is 2.35. The molecule has 0 atom stereocenters. The summed E-state index contributed by atoms with van der Waals surface area (Å²) in [5.74, 6) is 1.41. The highest BCUT2D eigenvalue weighted by Gasteiger charge is 2.18. The topological polar surface area (TPSA) is 79.1 Å². The lowest BCUT2D eigenvalue weighted by Crippen LogP contribution is -2.23. The van der Waals surface area contributed by atoms with E-state index in [1.165, 1.54) is 11.3 Å². The van der Waals surface area contributed by atoms with Gasteiger partial charge in [-0.2, -0.15) is 4.99 Å². The second-order valence-electron chi connectivity index (χ2n) is 6.62. The molecule has 3 aromatic rings. The van der Waals surface area contributed by atoms with Gasteiger partial charge in [0.05, 0.1) is 16.8 Å². The fraction of sp³-hybridized carbons (Fsp3) is 0.318. The molecule has 1 aliphatic heterocycles. The van der Waals surface area contributed by atoms with Crippen molar-refractivity contribution in [2.45, 2.75) is 25.3 Å². The van der Waals surface area contributed by atoms with Gasteiger partial charge in [0, 0.05) is 22.6 Å². The fourth-order valence-electron chi connectivity index (χ4n) is 3.22. The number of hydrogen-bond donors (Lipinski definition) is 0. The molecule has 0 unspecified atom stereocenters. The predicted octanol–water partition coefficient (Wildman–Crippen LogP) is 3.89. The number of ether oxygens (including phenoxy) is 3. The van der Waals surface area contributed by atoms with Crippen LogP contribution in [-0.2, 0) is 16.1 Å². The summed E-state index contributed by atoms with van der Waals surface area (Å²) in [6.07, 6.45) is 0. The quantitative estimate of drug-likeness (QED) is 0.412. The lowest BCUT2D eigenvalue weighted by molar-refractivity contribution is -0.143. The Bertz CT molecular complexity index is 1200. The number of rotatable bonds is 6. The van der Waals surface area contributed by atoms with Gasteiger partial charge in [0.25, 0.3) is 5.91 Å². The summed E-state index contributed by atoms with van der Waals surface area (Å²) in [5.41, 5.74) is 1.24. The molecule has 31 heavy (non-hydrogen) atoms. The van der Waals surface area contributed by atoms with Crippen LogP contribution in [0.25, 0.3) is 10.2 Å². The standard InChI is InChI=1S/C22H22N2O5S2/c1-3-27-20(25)13-24-16-11-17-18(29-9-8-28-17)12-19(16)31-22(24)23-21(26)14-6-5-7-15(10-14)30-4-2/h5-7,10-12H,3-4,8-9,13H2,1-2H3. The van der Waals surface area contributed by atoms with E-state index in [0.29, 0.717) is 35.1 Å². The van der Waals surface area contributed by atoms with Gasteiger partial charge < -0.3 is 18.8 Å². The van der Waals surface area contributed by atoms with Crippen LogP contribution in [0.3, 0.4) is 0 Å². The Kier molecular flexibility index (Phi) is 6.62. The Morgan fingerprint density at radius 2 is 1.94 bits per heavy atom. The maximum Gasteiger partial charge on any atom is 0.326 e. The molecule has 0 saturated carbocycles. The summed E-state index contributed by atoms with van der Waals surface area (Å²) >= 11 is 2.98. The maximum absolute atomic E-state index is 12.9. The van der Waals surface area contributed by atoms with Crippen LogP contribution in [0.4, 0.5) is 0 Å². The van der Waals surface area contributed by atoms with Gasteiger partial charge in [-0.1, -0.05) is 24.3 Å². The van der Waals surface area contributed by atoms with Gasteiger partial charge in [0.15, 0.2) is 16.3 Å². The zero-order chi connectivity index (χ0) is 21.8. The number of aromatic nitrogens is 1. The lowest BCUT2D eigenvalue weighted by Gasteiger charge is -2.18. The van der Waals surface area contributed by atoms with Crippen LogP contribution in [0.2, 0.25) is 0 Å². The Morgan fingerprint density at radius 3 is 2.68 bits per heavy atom. The van der Waals surface area contributed by atoms with Crippen LogP contribution < -0.4 is 14.3 Å². The van der Waals surface area contributed by atoms with Gasteiger partial charge in [-0.3, -0.25) is 9.59 Å². The van der Waals surface area contributed by atoms with Crippen molar-refractivity contribution in [2.75, 3.05) is 25.6 Å². The second kappa shape index (κ2) is 9.57. The number of esters is 1. The van der Waals surface area contributed by atoms with Crippen molar-refractivity contribution in [3.63, 3.8) is 0 Å². The molecular weight excluding hydrogens is 436 g/mol. The highest BCUT2D eigenvalue weighted by atomic mass is 32.2. The molecule has 2 heterocycles. The molecule has 162 valence electrons. The monoisotopic (exact) mass is 458 g/mol. The molecule has 0 radical (unpaired) electrons. The van der Waals surface area contributed by atoms with Crippen molar-refractivity contribution in [3.05, 3.63) is 46.8 Å². The molecule has 4 rings (SSSR count). The number of amides is 1. The normalized spacial score (nSPS) is 13.4. The molecule has 1 aliphatic rings. The first-order valence-corrected chi connectivity index (χ1v) is 11.8. The van der Waals surface area contributed by atoms with Crippen LogP contribution in [-0.4, -0.2) is 42.0 Å². The number of thiazole rings is 1. The minimum absolute atomic E-state index is 0.0503. The van der Waals surface area contributed by atoms with E-state index in [4.69, 9.17) is 14.2 Å². The smallest absolute Gasteiger partial charge is 0.326 e. The molecule has 1 amide bonds. The number of benzene rings is 2. The zero-order valence-electron chi connectivity index (χ0n) is 17.3. The number of thioether (sulfide) groups is 1. The third-order valence-corrected chi connectivity index (χ3v) is 6.45. The summed E-state index contributed by atoms with van der Waals surface area (Å²) in [6, 6.07) is 11.1. The van der Waals surface area contributed by atoms with Crippen LogP contribution in [0.15, 0.2) is 46.3 Å². The maximum atomic E-state index is 12.9. The molecule has 1 aromatic heterocycles. The summed E-state index contributed by atoms with van der Waals surface area (Å²) in [4.78, 5) is 30.9. The molecule has 0 fully saturated rings. The average Bonchev–Trinajstić information content (AvgIpc) is 3.08. The average molecular weight is 459 g/mol. The van der Waals surface area contributed by atoms with E-state index in [0.717, 1.165) is 20.9 Å². The van der Waals surface area contributed by atoms with Crippen LogP contribution >= 0.6 is 23.1 Å². The predicted molar refractivity (Wildman–Crippen MR) is 120 cm³/mol. The van der Waals surface area contributed by atoms with Crippen LogP contribution in [0, 0.1) is 0 Å². The van der Waals surface area contributed by atoms with Crippen molar-refractivity contribution in [2.24, 2.45) is 4.99 Å². The van der Waals surface area contributed by atoms with Gasteiger partial charge in [0.2, 0.25) is 0 Å². The van der Waals surface area contributed by atoms with Crippen molar-refractivity contribution in [1.29, 1.82) is 0 Å². The van der Waals surface area contributed by atoms with Crippen molar-refractivity contribution < 1.29 is 23.8 Å². The summed E-state index contributed by atoms with van der Waals surface area (Å²) in [6.45, 7) is 4.99. The fourth-order valence-corrected chi connectivity index (χ4v) is 4.97. The number of carbonyl (C=O) groups is 2. The Labute approximate surface area is 187 Å². The summed E-state index contributed by atoms with van der Waals surface area (Å²) in [5, 5.41) is 0. The molecule has 0 N–H and O–H groups in total. The van der Waals surface area contributed by atoms with Crippen LogP contribution in [0.1, 0.15) is 24.2 Å². The molecular formula is C22H22N2O5S2. The lowest BCUT2D eigenvalue weighted by atomic mass is 10.2. The first-order valence-electron chi connectivity index (χ1n) is 9.99. The van der Waals surface area contributed by atoms with Gasteiger partial charge in [-0.25, -0.2) is 0 Å². The first kappa shape index (κ1) is 21.5. The van der Waals surface area contributed by atoms with Gasteiger partial charge in [-0.05, 0) is 30.9 Å². The molecule has 0 bridgehead atoms. The number of hydrogen-bond acceptors (Lipinski definition) is 7. The first-order chi connectivity index (χ1) is 15.1. The SMILES string of the molecule is CCOC(=O)Cn1c(=NC(=O)c2cccc(SCC)c2)sc2cc3c(cc21)OCCO3. The highest BCUT2D eigenvalue weighted by molar-refractivity contribution is 7.99. The molecule has 0 spiro atoms. The Morgan fingerprint density at radius 1 is 1.16 bits per heavy atom. The number of fused-ring (bicyclic) bond motifs is 2.